The maximum absolute atomic E-state index is 12.6. The van der Waals surface area contributed by atoms with Gasteiger partial charge < -0.3 is 5.32 Å². The third-order valence-electron chi connectivity index (χ3n) is 4.83. The Kier molecular flexibility index (Phi) is 6.81. The highest BCUT2D eigenvalue weighted by Gasteiger charge is 2.27. The highest BCUT2D eigenvalue weighted by molar-refractivity contribution is 7.91. The van der Waals surface area contributed by atoms with Gasteiger partial charge in [0.1, 0.15) is 5.82 Å². The van der Waals surface area contributed by atoms with Gasteiger partial charge in [-0.2, -0.15) is 8.78 Å². The molecule has 0 saturated carbocycles. The Morgan fingerprint density at radius 3 is 2.38 bits per heavy atom. The van der Waals surface area contributed by atoms with Crippen LogP contribution >= 0.6 is 11.6 Å². The molecule has 0 radical (unpaired) electrons. The van der Waals surface area contributed by atoms with Crippen LogP contribution in [0.3, 0.4) is 0 Å². The molecule has 29 heavy (non-hydrogen) atoms. The summed E-state index contributed by atoms with van der Waals surface area (Å²) < 4.78 is 48.1. The van der Waals surface area contributed by atoms with Crippen LogP contribution in [-0.2, 0) is 21.2 Å². The second-order valence-electron chi connectivity index (χ2n) is 6.85. The highest BCUT2D eigenvalue weighted by atomic mass is 35.5. The van der Waals surface area contributed by atoms with Gasteiger partial charge in [0, 0.05) is 18.7 Å². The zero-order valence-corrected chi connectivity index (χ0v) is 17.0. The molecule has 1 aliphatic rings. The van der Waals surface area contributed by atoms with E-state index in [-0.39, 0.29) is 16.7 Å². The molecule has 0 atom stereocenters. The number of sulfone groups is 1. The molecular formula is C19H20ClF2N3O3S. The largest absolute Gasteiger partial charge is 0.341 e. The molecule has 0 aliphatic carbocycles. The van der Waals surface area contributed by atoms with Crippen molar-refractivity contribution in [3.8, 4) is 0 Å². The van der Waals surface area contributed by atoms with Gasteiger partial charge in [0.15, 0.2) is 0 Å². The first kappa shape index (κ1) is 21.6. The number of alkyl halides is 2. The van der Waals surface area contributed by atoms with Crippen LogP contribution in [0, 0.1) is 5.92 Å². The van der Waals surface area contributed by atoms with Crippen molar-refractivity contribution in [2.24, 2.45) is 5.92 Å². The molecule has 6 nitrogen and oxygen atoms in total. The van der Waals surface area contributed by atoms with Crippen LogP contribution in [-0.4, -0.2) is 43.1 Å². The van der Waals surface area contributed by atoms with E-state index in [0.29, 0.717) is 43.3 Å². The zero-order valence-electron chi connectivity index (χ0n) is 15.4. The van der Waals surface area contributed by atoms with Gasteiger partial charge in [-0.05, 0) is 55.8 Å². The molecule has 1 fully saturated rings. The molecular weight excluding hydrogens is 424 g/mol. The van der Waals surface area contributed by atoms with Crippen molar-refractivity contribution in [1.29, 1.82) is 0 Å². The predicted molar refractivity (Wildman–Crippen MR) is 106 cm³/mol. The molecule has 1 amide bonds. The highest BCUT2D eigenvalue weighted by Crippen LogP contribution is 2.23. The number of likely N-dealkylation sites (tertiary alicyclic amines) is 1. The average Bonchev–Trinajstić information content (AvgIpc) is 2.70. The summed E-state index contributed by atoms with van der Waals surface area (Å²) in [6.07, 6.45) is 2.83. The Bertz CT molecular complexity index is 946. The topological polar surface area (TPSA) is 79.4 Å². The summed E-state index contributed by atoms with van der Waals surface area (Å²) in [6, 6.07) is 8.80. The summed E-state index contributed by atoms with van der Waals surface area (Å²) in [5, 5.41) is 3.28. The van der Waals surface area contributed by atoms with Crippen molar-refractivity contribution in [3.05, 3.63) is 53.2 Å². The van der Waals surface area contributed by atoms with Gasteiger partial charge in [0.05, 0.1) is 9.92 Å². The Hall–Kier alpha value is -2.10. The maximum Gasteiger partial charge on any atom is 0.341 e. The number of carbonyl (C=O) groups excluding carboxylic acids is 1. The quantitative estimate of drug-likeness (QED) is 0.738. The number of hydrogen-bond donors (Lipinski definition) is 1. The Labute approximate surface area is 172 Å². The lowest BCUT2D eigenvalue weighted by molar-refractivity contribution is -0.121. The molecule has 0 spiro atoms. The number of piperidine rings is 1. The SMILES string of the molecule is O=C(Nc1ccc(Cl)cn1)C1CCN(Cc2ccc(S(=O)(=O)C(F)F)cc2)CC1. The van der Waals surface area contributed by atoms with E-state index >= 15 is 0 Å². The number of benzene rings is 1. The molecule has 1 N–H and O–H groups in total. The van der Waals surface area contributed by atoms with Crippen LogP contribution in [0.25, 0.3) is 0 Å². The van der Waals surface area contributed by atoms with Crippen LogP contribution in [0.5, 0.6) is 0 Å². The maximum atomic E-state index is 12.6. The van der Waals surface area contributed by atoms with E-state index in [1.807, 2.05) is 0 Å². The van der Waals surface area contributed by atoms with Gasteiger partial charge in [-0.3, -0.25) is 9.69 Å². The molecule has 1 saturated heterocycles. The monoisotopic (exact) mass is 443 g/mol. The van der Waals surface area contributed by atoms with Crippen molar-refractivity contribution in [1.82, 2.24) is 9.88 Å². The number of anilines is 1. The van der Waals surface area contributed by atoms with Gasteiger partial charge in [-0.15, -0.1) is 0 Å². The lowest BCUT2D eigenvalue weighted by Gasteiger charge is -2.31. The molecule has 0 bridgehead atoms. The lowest BCUT2D eigenvalue weighted by Crippen LogP contribution is -2.37. The fourth-order valence-corrected chi connectivity index (χ4v) is 4.01. The fourth-order valence-electron chi connectivity index (χ4n) is 3.18. The number of carbonyl (C=O) groups is 1. The molecule has 2 heterocycles. The van der Waals surface area contributed by atoms with Crippen molar-refractivity contribution in [3.63, 3.8) is 0 Å². The van der Waals surface area contributed by atoms with Crippen molar-refractivity contribution in [2.45, 2.75) is 30.0 Å². The number of nitrogens with zero attached hydrogens (tertiary/aromatic N) is 2. The van der Waals surface area contributed by atoms with Crippen LogP contribution in [0.2, 0.25) is 5.02 Å². The second kappa shape index (κ2) is 9.15. The summed E-state index contributed by atoms with van der Waals surface area (Å²) in [7, 11) is -4.58. The van der Waals surface area contributed by atoms with Crippen LogP contribution in [0.15, 0.2) is 47.5 Å². The first-order valence-electron chi connectivity index (χ1n) is 9.01. The first-order chi connectivity index (χ1) is 13.8. The van der Waals surface area contributed by atoms with E-state index < -0.39 is 15.6 Å². The summed E-state index contributed by atoms with van der Waals surface area (Å²) in [4.78, 5) is 18.2. The molecule has 156 valence electrons. The van der Waals surface area contributed by atoms with Crippen molar-refractivity contribution < 1.29 is 22.0 Å². The lowest BCUT2D eigenvalue weighted by atomic mass is 9.95. The van der Waals surface area contributed by atoms with E-state index in [2.05, 4.69) is 15.2 Å². The second-order valence-corrected chi connectivity index (χ2v) is 9.21. The number of rotatable bonds is 6. The summed E-state index contributed by atoms with van der Waals surface area (Å²) in [5.41, 5.74) is 0.825. The Morgan fingerprint density at radius 2 is 1.83 bits per heavy atom. The average molecular weight is 444 g/mol. The van der Waals surface area contributed by atoms with Gasteiger partial charge in [0.2, 0.25) is 15.7 Å². The van der Waals surface area contributed by atoms with Crippen molar-refractivity contribution >= 4 is 33.2 Å². The van der Waals surface area contributed by atoms with Gasteiger partial charge in [-0.1, -0.05) is 23.7 Å². The molecule has 1 aromatic heterocycles. The minimum atomic E-state index is -4.58. The third-order valence-corrected chi connectivity index (χ3v) is 6.45. The Balaban J connectivity index is 1.50. The van der Waals surface area contributed by atoms with E-state index in [9.17, 15) is 22.0 Å². The third kappa shape index (κ3) is 5.49. The standard InChI is InChI=1S/C19H20ClF2N3O3S/c20-15-3-6-17(23-11-15)24-18(26)14-7-9-25(10-8-14)12-13-1-4-16(5-2-13)29(27,28)19(21)22/h1-6,11,14,19H,7-10,12H2,(H,23,24,26). The Morgan fingerprint density at radius 1 is 1.17 bits per heavy atom. The minimum absolute atomic E-state index is 0.0824. The summed E-state index contributed by atoms with van der Waals surface area (Å²) in [5.74, 6) is -3.18. The van der Waals surface area contributed by atoms with Crippen molar-refractivity contribution in [2.75, 3.05) is 18.4 Å². The number of nitrogens with one attached hydrogen (secondary N) is 1. The number of pyridine rings is 1. The minimum Gasteiger partial charge on any atom is -0.310 e. The van der Waals surface area contributed by atoms with Gasteiger partial charge in [0.25, 0.3) is 0 Å². The molecule has 1 aliphatic heterocycles. The molecule has 2 aromatic rings. The molecule has 3 rings (SSSR count). The number of halogens is 3. The van der Waals surface area contributed by atoms with E-state index in [4.69, 9.17) is 11.6 Å². The fraction of sp³-hybridized carbons (Fsp3) is 0.368. The predicted octanol–water partition coefficient (Wildman–Crippen LogP) is 3.58. The normalized spacial score (nSPS) is 16.1. The van der Waals surface area contributed by atoms with Crippen LogP contribution in [0.4, 0.5) is 14.6 Å². The smallest absolute Gasteiger partial charge is 0.310 e. The zero-order chi connectivity index (χ0) is 21.0. The molecule has 1 aromatic carbocycles. The number of hydrogen-bond acceptors (Lipinski definition) is 5. The number of amides is 1. The van der Waals surface area contributed by atoms with Crippen LogP contribution < -0.4 is 5.32 Å². The van der Waals surface area contributed by atoms with Gasteiger partial charge in [-0.25, -0.2) is 13.4 Å². The molecule has 0 unspecified atom stereocenters. The molecule has 10 heteroatoms. The van der Waals surface area contributed by atoms with Gasteiger partial charge >= 0.3 is 5.76 Å². The van der Waals surface area contributed by atoms with Crippen LogP contribution in [0.1, 0.15) is 18.4 Å². The van der Waals surface area contributed by atoms with E-state index in [0.717, 1.165) is 5.56 Å². The van der Waals surface area contributed by atoms with E-state index in [1.165, 1.54) is 18.3 Å². The summed E-state index contributed by atoms with van der Waals surface area (Å²) in [6.45, 7) is 1.95. The number of aromatic nitrogens is 1. The summed E-state index contributed by atoms with van der Waals surface area (Å²) >= 11 is 5.78. The van der Waals surface area contributed by atoms with E-state index in [1.54, 1.807) is 24.3 Å². The first-order valence-corrected chi connectivity index (χ1v) is 10.9.